The largest absolute Gasteiger partial charge is 0.416 e. The molecule has 0 N–H and O–H groups in total. The molecule has 2 aromatic carbocycles. The molecule has 5 rings (SSSR count). The number of aromatic nitrogens is 2. The number of rotatable bonds is 5. The van der Waals surface area contributed by atoms with Crippen LogP contribution in [0.15, 0.2) is 66.9 Å². The van der Waals surface area contributed by atoms with Gasteiger partial charge in [-0.05, 0) is 42.3 Å². The number of benzene rings is 2. The lowest BCUT2D eigenvalue weighted by Crippen LogP contribution is -2.48. The summed E-state index contributed by atoms with van der Waals surface area (Å²) >= 11 is 0. The molecule has 1 fully saturated rings. The number of fused-ring (bicyclic) bond motifs is 1. The van der Waals surface area contributed by atoms with Crippen LogP contribution in [0.1, 0.15) is 30.2 Å². The first kappa shape index (κ1) is 25.0. The van der Waals surface area contributed by atoms with Gasteiger partial charge in [0.15, 0.2) is 0 Å². The normalized spacial score (nSPS) is 14.9. The van der Waals surface area contributed by atoms with Gasteiger partial charge in [0.1, 0.15) is 5.65 Å². The maximum absolute atomic E-state index is 13.3. The van der Waals surface area contributed by atoms with Crippen molar-refractivity contribution < 1.29 is 18.0 Å². The topological polar surface area (TPSA) is 40.9 Å². The molecule has 0 unspecified atom stereocenters. The summed E-state index contributed by atoms with van der Waals surface area (Å²) in [5, 5.41) is 0. The minimum absolute atomic E-state index is 0.167. The number of piperazine rings is 1. The maximum atomic E-state index is 13.3. The molecular weight excluding hydrogens is 477 g/mol. The van der Waals surface area contributed by atoms with Gasteiger partial charge < -0.3 is 9.30 Å². The van der Waals surface area contributed by atoms with Crippen LogP contribution in [-0.4, -0.2) is 51.3 Å². The second-order valence-electron chi connectivity index (χ2n) is 9.51. The number of amides is 1. The van der Waals surface area contributed by atoms with Crippen molar-refractivity contribution in [1.29, 1.82) is 0 Å². The van der Waals surface area contributed by atoms with Crippen molar-refractivity contribution in [2.45, 2.75) is 33.0 Å². The Morgan fingerprint density at radius 3 is 2.30 bits per heavy atom. The van der Waals surface area contributed by atoms with Gasteiger partial charge in [-0.1, -0.05) is 48.9 Å². The fourth-order valence-corrected chi connectivity index (χ4v) is 4.82. The molecule has 0 atom stereocenters. The maximum Gasteiger partial charge on any atom is 0.416 e. The Hall–Kier alpha value is -3.65. The molecule has 0 bridgehead atoms. The van der Waals surface area contributed by atoms with Crippen LogP contribution in [0.3, 0.4) is 0 Å². The fourth-order valence-electron chi connectivity index (χ4n) is 4.82. The number of imidazole rings is 1. The minimum Gasteiger partial charge on any atom is -0.340 e. The standard InChI is InChI=1S/C29H29F3N4O/c1-3-27(37)35-15-13-34(14-16-35)19-25-28(21-9-7-20(2)8-10-21)33-26-12-11-23(18-36(25)26)22-5-4-6-24(17-22)29(30,31)32/h4-12,17-18H,3,13-16,19H2,1-2H3. The first-order valence-electron chi connectivity index (χ1n) is 12.5. The lowest BCUT2D eigenvalue weighted by molar-refractivity contribution is -0.137. The molecule has 1 aliphatic rings. The van der Waals surface area contributed by atoms with Crippen LogP contribution in [0.5, 0.6) is 0 Å². The molecule has 3 heterocycles. The van der Waals surface area contributed by atoms with E-state index >= 15 is 0 Å². The van der Waals surface area contributed by atoms with Gasteiger partial charge >= 0.3 is 6.18 Å². The van der Waals surface area contributed by atoms with Crippen LogP contribution >= 0.6 is 0 Å². The molecule has 192 valence electrons. The molecule has 5 nitrogen and oxygen atoms in total. The van der Waals surface area contributed by atoms with Gasteiger partial charge in [0, 0.05) is 50.9 Å². The number of carbonyl (C=O) groups excluding carboxylic acids is 1. The highest BCUT2D eigenvalue weighted by Crippen LogP contribution is 2.33. The van der Waals surface area contributed by atoms with E-state index < -0.39 is 11.7 Å². The van der Waals surface area contributed by atoms with E-state index in [1.165, 1.54) is 12.1 Å². The third kappa shape index (κ3) is 5.25. The SMILES string of the molecule is CCC(=O)N1CCN(Cc2c(-c3ccc(C)cc3)nc3ccc(-c4cccc(C(F)(F)F)c4)cn23)CC1. The molecule has 37 heavy (non-hydrogen) atoms. The Morgan fingerprint density at radius 1 is 0.919 bits per heavy atom. The highest BCUT2D eigenvalue weighted by Gasteiger charge is 2.30. The molecule has 0 radical (unpaired) electrons. The number of hydrogen-bond acceptors (Lipinski definition) is 3. The average Bonchev–Trinajstić information content (AvgIpc) is 3.26. The van der Waals surface area contributed by atoms with Crippen LogP contribution in [0.2, 0.25) is 0 Å². The second kappa shape index (κ2) is 10.0. The Kier molecular flexibility index (Phi) is 6.77. The second-order valence-corrected chi connectivity index (χ2v) is 9.51. The summed E-state index contributed by atoms with van der Waals surface area (Å²) in [6.07, 6.45) is -2.02. The highest BCUT2D eigenvalue weighted by molar-refractivity contribution is 5.76. The zero-order valence-electron chi connectivity index (χ0n) is 20.9. The summed E-state index contributed by atoms with van der Waals surface area (Å²) < 4.78 is 42.0. The summed E-state index contributed by atoms with van der Waals surface area (Å²) in [5.41, 5.74) is 5.22. The lowest BCUT2D eigenvalue weighted by Gasteiger charge is -2.34. The van der Waals surface area contributed by atoms with Gasteiger partial charge in [-0.15, -0.1) is 0 Å². The average molecular weight is 507 g/mol. The van der Waals surface area contributed by atoms with Gasteiger partial charge in [-0.25, -0.2) is 4.98 Å². The Bertz CT molecular complexity index is 1420. The van der Waals surface area contributed by atoms with Gasteiger partial charge in [0.25, 0.3) is 0 Å². The Balaban J connectivity index is 1.54. The number of hydrogen-bond donors (Lipinski definition) is 0. The van der Waals surface area contributed by atoms with E-state index in [9.17, 15) is 18.0 Å². The van der Waals surface area contributed by atoms with Crippen molar-refractivity contribution in [2.24, 2.45) is 0 Å². The van der Waals surface area contributed by atoms with Crippen LogP contribution in [0.25, 0.3) is 28.0 Å². The lowest BCUT2D eigenvalue weighted by atomic mass is 10.0. The first-order chi connectivity index (χ1) is 17.7. The number of nitrogens with zero attached hydrogens (tertiary/aromatic N) is 4. The van der Waals surface area contributed by atoms with Crippen molar-refractivity contribution in [3.05, 3.63) is 83.7 Å². The molecule has 2 aromatic heterocycles. The van der Waals surface area contributed by atoms with Gasteiger partial charge in [0.2, 0.25) is 5.91 Å². The molecule has 0 aliphatic carbocycles. The van der Waals surface area contributed by atoms with E-state index in [-0.39, 0.29) is 5.91 Å². The van der Waals surface area contributed by atoms with E-state index in [1.807, 2.05) is 65.7 Å². The third-order valence-corrected chi connectivity index (χ3v) is 6.97. The smallest absolute Gasteiger partial charge is 0.340 e. The van der Waals surface area contributed by atoms with Gasteiger partial charge in [-0.3, -0.25) is 9.69 Å². The molecule has 0 spiro atoms. The zero-order valence-corrected chi connectivity index (χ0v) is 20.9. The van der Waals surface area contributed by atoms with E-state index in [2.05, 4.69) is 4.90 Å². The van der Waals surface area contributed by atoms with Crippen molar-refractivity contribution in [1.82, 2.24) is 19.2 Å². The molecule has 8 heteroatoms. The molecular formula is C29H29F3N4O. The predicted molar refractivity (Wildman–Crippen MR) is 138 cm³/mol. The van der Waals surface area contributed by atoms with E-state index in [0.29, 0.717) is 37.2 Å². The Morgan fingerprint density at radius 2 is 1.62 bits per heavy atom. The van der Waals surface area contributed by atoms with Crippen molar-refractivity contribution in [3.63, 3.8) is 0 Å². The molecule has 4 aromatic rings. The number of pyridine rings is 1. The Labute approximate surface area is 214 Å². The monoisotopic (exact) mass is 506 g/mol. The van der Waals surface area contributed by atoms with Crippen molar-refractivity contribution >= 4 is 11.6 Å². The predicted octanol–water partition coefficient (Wildman–Crippen LogP) is 6.05. The molecule has 1 aliphatic heterocycles. The van der Waals surface area contributed by atoms with Gasteiger partial charge in [0.05, 0.1) is 17.0 Å². The van der Waals surface area contributed by atoms with Crippen LogP contribution in [0, 0.1) is 6.92 Å². The quantitative estimate of drug-likeness (QED) is 0.331. The van der Waals surface area contributed by atoms with Gasteiger partial charge in [-0.2, -0.15) is 13.2 Å². The summed E-state index contributed by atoms with van der Waals surface area (Å²) in [4.78, 5) is 21.2. The molecule has 1 amide bonds. The van der Waals surface area contributed by atoms with E-state index in [4.69, 9.17) is 4.98 Å². The molecule has 0 saturated carbocycles. The van der Waals surface area contributed by atoms with Crippen molar-refractivity contribution in [2.75, 3.05) is 26.2 Å². The number of aryl methyl sites for hydroxylation is 1. The zero-order chi connectivity index (χ0) is 26.2. The fraction of sp³-hybridized carbons (Fsp3) is 0.310. The number of halogens is 3. The molecule has 1 saturated heterocycles. The summed E-state index contributed by atoms with van der Waals surface area (Å²) in [5.74, 6) is 0.167. The summed E-state index contributed by atoms with van der Waals surface area (Å²) in [6.45, 7) is 7.39. The summed E-state index contributed by atoms with van der Waals surface area (Å²) in [6, 6.07) is 17.3. The highest BCUT2D eigenvalue weighted by atomic mass is 19.4. The first-order valence-corrected chi connectivity index (χ1v) is 12.5. The summed E-state index contributed by atoms with van der Waals surface area (Å²) in [7, 11) is 0. The number of alkyl halides is 3. The number of carbonyl (C=O) groups is 1. The van der Waals surface area contributed by atoms with Crippen molar-refractivity contribution in [3.8, 4) is 22.4 Å². The van der Waals surface area contributed by atoms with Crippen LogP contribution < -0.4 is 0 Å². The minimum atomic E-state index is -4.40. The van der Waals surface area contributed by atoms with Crippen LogP contribution in [-0.2, 0) is 17.5 Å². The van der Waals surface area contributed by atoms with Crippen LogP contribution in [0.4, 0.5) is 13.2 Å². The van der Waals surface area contributed by atoms with E-state index in [1.54, 1.807) is 6.07 Å². The van der Waals surface area contributed by atoms with E-state index in [0.717, 1.165) is 47.3 Å². The third-order valence-electron chi connectivity index (χ3n) is 6.97.